The minimum Gasteiger partial charge on any atom is -0.452 e. The van der Waals surface area contributed by atoms with Gasteiger partial charge in [0.05, 0.1) is 4.90 Å². The lowest BCUT2D eigenvalue weighted by atomic mass is 10.3. The van der Waals surface area contributed by atoms with Crippen LogP contribution in [-0.2, 0) is 24.3 Å². The second kappa shape index (κ2) is 9.14. The van der Waals surface area contributed by atoms with Gasteiger partial charge in [0.2, 0.25) is 0 Å². The number of esters is 1. The lowest BCUT2D eigenvalue weighted by molar-refractivity contribution is -0.142. The molecule has 8 nitrogen and oxygen atoms in total. The van der Waals surface area contributed by atoms with Gasteiger partial charge in [0, 0.05) is 24.7 Å². The molecule has 9 heteroatoms. The number of rotatable bonds is 7. The topological polar surface area (TPSA) is 114 Å². The number of ether oxygens (including phenoxy) is 1. The highest BCUT2D eigenvalue weighted by atomic mass is 32.2. The third-order valence-corrected chi connectivity index (χ3v) is 4.77. The average Bonchev–Trinajstić information content (AvgIpc) is 3.10. The van der Waals surface area contributed by atoms with E-state index in [2.05, 4.69) is 15.0 Å². The standard InChI is InChI=1S/C17H21N3O5S/c1-2-3-9-17(22)25-12-16(21)19-13-6-4-7-14(11-13)26(23,24)20-15-8-5-10-18-15/h3-4,6-7,9,11H,2,5,8,10,12H2,1H3,(H,18,20)(H,19,21)/b9-3+. The molecule has 1 aliphatic rings. The van der Waals surface area contributed by atoms with Gasteiger partial charge < -0.3 is 10.1 Å². The van der Waals surface area contributed by atoms with E-state index in [1.165, 1.54) is 24.3 Å². The molecule has 2 rings (SSSR count). The minimum absolute atomic E-state index is 0.00720. The van der Waals surface area contributed by atoms with Crippen LogP contribution in [0.15, 0.2) is 46.3 Å². The maximum atomic E-state index is 12.4. The zero-order chi connectivity index (χ0) is 19.0. The highest BCUT2D eigenvalue weighted by Gasteiger charge is 2.18. The number of sulfonamides is 1. The Bertz CT molecular complexity index is 831. The largest absolute Gasteiger partial charge is 0.452 e. The van der Waals surface area contributed by atoms with E-state index < -0.39 is 28.5 Å². The SMILES string of the molecule is CC/C=C/C(=O)OCC(=O)Nc1cccc(S(=O)(=O)NC2=NCCC2)c1. The number of carbonyl (C=O) groups excluding carboxylic acids is 2. The maximum Gasteiger partial charge on any atom is 0.330 e. The van der Waals surface area contributed by atoms with Crippen molar-refractivity contribution < 1.29 is 22.7 Å². The fourth-order valence-electron chi connectivity index (χ4n) is 2.17. The molecule has 1 aliphatic heterocycles. The van der Waals surface area contributed by atoms with Crippen molar-refractivity contribution in [3.8, 4) is 0 Å². The average molecular weight is 379 g/mol. The Hall–Kier alpha value is -2.68. The van der Waals surface area contributed by atoms with Crippen molar-refractivity contribution in [2.24, 2.45) is 4.99 Å². The molecular formula is C17H21N3O5S. The number of benzene rings is 1. The van der Waals surface area contributed by atoms with E-state index >= 15 is 0 Å². The van der Waals surface area contributed by atoms with Crippen molar-refractivity contribution in [3.63, 3.8) is 0 Å². The number of allylic oxidation sites excluding steroid dienone is 1. The Morgan fingerprint density at radius 3 is 2.85 bits per heavy atom. The predicted octanol–water partition coefficient (Wildman–Crippen LogP) is 1.61. The molecule has 0 saturated carbocycles. The molecular weight excluding hydrogens is 358 g/mol. The van der Waals surface area contributed by atoms with Gasteiger partial charge in [0.15, 0.2) is 6.61 Å². The van der Waals surface area contributed by atoms with Gasteiger partial charge in [-0.25, -0.2) is 13.2 Å². The summed E-state index contributed by atoms with van der Waals surface area (Å²) in [6, 6.07) is 5.80. The van der Waals surface area contributed by atoms with Crippen LogP contribution in [0, 0.1) is 0 Å². The Kier molecular flexibility index (Phi) is 6.90. The number of nitrogens with zero attached hydrogens (tertiary/aromatic N) is 1. The van der Waals surface area contributed by atoms with E-state index in [1.54, 1.807) is 12.1 Å². The van der Waals surface area contributed by atoms with Crippen LogP contribution in [0.3, 0.4) is 0 Å². The Labute approximate surface area is 152 Å². The minimum atomic E-state index is -3.76. The van der Waals surface area contributed by atoms with Gasteiger partial charge in [0.1, 0.15) is 5.84 Å². The number of aliphatic imine (C=N–C) groups is 1. The summed E-state index contributed by atoms with van der Waals surface area (Å²) in [7, 11) is -3.76. The van der Waals surface area contributed by atoms with E-state index in [-0.39, 0.29) is 10.6 Å². The number of hydrogen-bond donors (Lipinski definition) is 2. The maximum absolute atomic E-state index is 12.4. The zero-order valence-electron chi connectivity index (χ0n) is 14.4. The molecule has 0 saturated heterocycles. The first-order valence-electron chi connectivity index (χ1n) is 8.20. The number of anilines is 1. The normalized spacial score (nSPS) is 14.1. The Morgan fingerprint density at radius 2 is 2.15 bits per heavy atom. The Balaban J connectivity index is 1.96. The van der Waals surface area contributed by atoms with Crippen molar-refractivity contribution >= 4 is 33.4 Å². The number of carbonyl (C=O) groups is 2. The first kappa shape index (κ1) is 19.6. The highest BCUT2D eigenvalue weighted by Crippen LogP contribution is 2.16. The number of nitrogens with one attached hydrogen (secondary N) is 2. The van der Waals surface area contributed by atoms with E-state index in [4.69, 9.17) is 4.74 Å². The fraction of sp³-hybridized carbons (Fsp3) is 0.353. The summed E-state index contributed by atoms with van der Waals surface area (Å²) < 4.78 is 31.9. The van der Waals surface area contributed by atoms with Crippen molar-refractivity contribution in [2.75, 3.05) is 18.5 Å². The second-order valence-electron chi connectivity index (χ2n) is 5.53. The smallest absolute Gasteiger partial charge is 0.330 e. The summed E-state index contributed by atoms with van der Waals surface area (Å²) in [6.45, 7) is 2.02. The first-order valence-corrected chi connectivity index (χ1v) is 9.68. The van der Waals surface area contributed by atoms with Crippen LogP contribution in [0.4, 0.5) is 5.69 Å². The van der Waals surface area contributed by atoms with Crippen LogP contribution in [-0.4, -0.2) is 39.3 Å². The molecule has 0 aliphatic carbocycles. The number of amidine groups is 1. The van der Waals surface area contributed by atoms with Crippen LogP contribution in [0.2, 0.25) is 0 Å². The van der Waals surface area contributed by atoms with Gasteiger partial charge in [-0.2, -0.15) is 0 Å². The summed E-state index contributed by atoms with van der Waals surface area (Å²) in [5.41, 5.74) is 0.284. The van der Waals surface area contributed by atoms with Crippen LogP contribution in [0.5, 0.6) is 0 Å². The molecule has 0 spiro atoms. The van der Waals surface area contributed by atoms with Crippen LogP contribution in [0.1, 0.15) is 26.2 Å². The van der Waals surface area contributed by atoms with E-state index in [0.29, 0.717) is 25.2 Å². The van der Waals surface area contributed by atoms with Crippen LogP contribution >= 0.6 is 0 Å². The van der Waals surface area contributed by atoms with Gasteiger partial charge >= 0.3 is 5.97 Å². The molecule has 26 heavy (non-hydrogen) atoms. The molecule has 140 valence electrons. The molecule has 0 radical (unpaired) electrons. The van der Waals surface area contributed by atoms with E-state index in [1.807, 2.05) is 6.92 Å². The molecule has 0 fully saturated rings. The fourth-order valence-corrected chi connectivity index (χ4v) is 3.31. The van der Waals surface area contributed by atoms with Gasteiger partial charge in [-0.3, -0.25) is 14.5 Å². The Morgan fingerprint density at radius 1 is 1.35 bits per heavy atom. The third-order valence-electron chi connectivity index (χ3n) is 3.39. The summed E-state index contributed by atoms with van der Waals surface area (Å²) in [4.78, 5) is 27.2. The molecule has 2 N–H and O–H groups in total. The summed E-state index contributed by atoms with van der Waals surface area (Å²) >= 11 is 0. The van der Waals surface area contributed by atoms with Crippen molar-refractivity contribution in [2.45, 2.75) is 31.1 Å². The van der Waals surface area contributed by atoms with Crippen molar-refractivity contribution in [3.05, 3.63) is 36.4 Å². The van der Waals surface area contributed by atoms with Crippen LogP contribution < -0.4 is 10.0 Å². The van der Waals surface area contributed by atoms with Gasteiger partial charge in [-0.1, -0.05) is 19.1 Å². The first-order chi connectivity index (χ1) is 12.4. The van der Waals surface area contributed by atoms with Crippen molar-refractivity contribution in [1.82, 2.24) is 4.72 Å². The van der Waals surface area contributed by atoms with E-state index in [0.717, 1.165) is 6.42 Å². The summed E-state index contributed by atoms with van der Waals surface area (Å²) in [5, 5.41) is 2.50. The third kappa shape index (κ3) is 5.99. The molecule has 1 amide bonds. The predicted molar refractivity (Wildman–Crippen MR) is 97.3 cm³/mol. The van der Waals surface area contributed by atoms with Gasteiger partial charge in [-0.05, 0) is 31.0 Å². The molecule has 1 heterocycles. The van der Waals surface area contributed by atoms with Gasteiger partial charge in [0.25, 0.3) is 15.9 Å². The highest BCUT2D eigenvalue weighted by molar-refractivity contribution is 7.90. The monoisotopic (exact) mass is 379 g/mol. The molecule has 0 unspecified atom stereocenters. The summed E-state index contributed by atoms with van der Waals surface area (Å²) in [5.74, 6) is -0.739. The molecule has 0 bridgehead atoms. The number of amides is 1. The second-order valence-corrected chi connectivity index (χ2v) is 7.21. The summed E-state index contributed by atoms with van der Waals surface area (Å²) in [6.07, 6.45) is 4.96. The number of hydrogen-bond acceptors (Lipinski definition) is 6. The molecule has 0 atom stereocenters. The van der Waals surface area contributed by atoms with Crippen LogP contribution in [0.25, 0.3) is 0 Å². The molecule has 1 aromatic rings. The van der Waals surface area contributed by atoms with Crippen molar-refractivity contribution in [1.29, 1.82) is 0 Å². The molecule has 0 aromatic heterocycles. The van der Waals surface area contributed by atoms with Gasteiger partial charge in [-0.15, -0.1) is 0 Å². The quantitative estimate of drug-likeness (QED) is 0.552. The van der Waals surface area contributed by atoms with E-state index in [9.17, 15) is 18.0 Å². The zero-order valence-corrected chi connectivity index (χ0v) is 15.2. The lowest BCUT2D eigenvalue weighted by Gasteiger charge is -2.10. The molecule has 1 aromatic carbocycles. The lowest BCUT2D eigenvalue weighted by Crippen LogP contribution is -2.29.